The van der Waals surface area contributed by atoms with Crippen molar-refractivity contribution in [2.75, 3.05) is 6.61 Å². The van der Waals surface area contributed by atoms with E-state index in [4.69, 9.17) is 4.74 Å². The molecule has 1 heterocycles. The highest BCUT2D eigenvalue weighted by Crippen LogP contribution is 2.68. The largest absolute Gasteiger partial charge is 0.369 e. The normalized spacial score (nSPS) is 66.0. The summed E-state index contributed by atoms with van der Waals surface area (Å²) in [6.45, 7) is 1.12. The Morgan fingerprint density at radius 3 is 2.42 bits per heavy atom. The minimum Gasteiger partial charge on any atom is -0.369 e. The summed E-state index contributed by atoms with van der Waals surface area (Å²) < 4.78 is 5.80. The Morgan fingerprint density at radius 2 is 1.67 bits per heavy atom. The smallest absolute Gasteiger partial charge is 0.0977 e. The van der Waals surface area contributed by atoms with Crippen LogP contribution in [0.2, 0.25) is 0 Å². The first-order valence-corrected chi connectivity index (χ1v) is 5.56. The monoisotopic (exact) mass is 164 g/mol. The average Bonchev–Trinajstić information content (AvgIpc) is 2.76. The van der Waals surface area contributed by atoms with Crippen LogP contribution in [0.1, 0.15) is 32.1 Å². The highest BCUT2D eigenvalue weighted by atomic mass is 16.6. The van der Waals surface area contributed by atoms with Crippen LogP contribution in [0.3, 0.4) is 0 Å². The quantitative estimate of drug-likeness (QED) is 0.500. The van der Waals surface area contributed by atoms with Crippen molar-refractivity contribution in [2.45, 2.75) is 37.7 Å². The molecule has 0 aromatic rings. The lowest BCUT2D eigenvalue weighted by Crippen LogP contribution is -2.30. The van der Waals surface area contributed by atoms with Crippen LogP contribution >= 0.6 is 0 Å². The van der Waals surface area contributed by atoms with Crippen molar-refractivity contribution in [3.8, 4) is 0 Å². The second kappa shape index (κ2) is 1.75. The van der Waals surface area contributed by atoms with Crippen LogP contribution in [0, 0.1) is 23.7 Å². The molecule has 66 valence electrons. The van der Waals surface area contributed by atoms with E-state index in [9.17, 15) is 0 Å². The Labute approximate surface area is 73.5 Å². The SMILES string of the molecule is C1CC2C3CCC2C2(CO2)C3C1. The minimum atomic E-state index is 0.462. The predicted molar refractivity (Wildman–Crippen MR) is 45.7 cm³/mol. The second-order valence-electron chi connectivity index (χ2n) is 5.29. The van der Waals surface area contributed by atoms with E-state index in [1.807, 2.05) is 0 Å². The van der Waals surface area contributed by atoms with Crippen LogP contribution in [-0.2, 0) is 4.74 Å². The summed E-state index contributed by atoms with van der Waals surface area (Å²) in [5, 5.41) is 0. The number of rotatable bonds is 0. The van der Waals surface area contributed by atoms with Gasteiger partial charge in [-0.3, -0.25) is 0 Å². The molecule has 4 fully saturated rings. The first-order chi connectivity index (χ1) is 5.92. The molecule has 0 amide bonds. The second-order valence-corrected chi connectivity index (χ2v) is 5.29. The van der Waals surface area contributed by atoms with E-state index in [2.05, 4.69) is 0 Å². The van der Waals surface area contributed by atoms with Gasteiger partial charge in [-0.15, -0.1) is 0 Å². The molecule has 4 bridgehead atoms. The molecule has 1 nitrogen and oxygen atoms in total. The molecule has 3 aliphatic carbocycles. The maximum Gasteiger partial charge on any atom is 0.0977 e. The van der Waals surface area contributed by atoms with Crippen LogP contribution in [-0.4, -0.2) is 12.2 Å². The van der Waals surface area contributed by atoms with E-state index in [1.165, 1.54) is 32.1 Å². The Morgan fingerprint density at radius 1 is 0.917 bits per heavy atom. The molecular formula is C11H16O. The third-order valence-electron chi connectivity index (χ3n) is 5.18. The number of hydrogen-bond donors (Lipinski definition) is 0. The summed E-state index contributed by atoms with van der Waals surface area (Å²) in [5.74, 6) is 4.17. The molecule has 5 atom stereocenters. The molecule has 3 saturated carbocycles. The van der Waals surface area contributed by atoms with E-state index in [1.54, 1.807) is 0 Å². The van der Waals surface area contributed by atoms with Gasteiger partial charge in [-0.1, -0.05) is 6.42 Å². The molecule has 0 N–H and O–H groups in total. The molecule has 4 rings (SSSR count). The Kier molecular flexibility index (Phi) is 0.934. The lowest BCUT2D eigenvalue weighted by atomic mass is 9.75. The summed E-state index contributed by atoms with van der Waals surface area (Å²) in [6, 6.07) is 0. The van der Waals surface area contributed by atoms with Gasteiger partial charge in [0, 0.05) is 0 Å². The van der Waals surface area contributed by atoms with E-state index in [-0.39, 0.29) is 0 Å². The van der Waals surface area contributed by atoms with Gasteiger partial charge in [-0.05, 0) is 49.4 Å². The van der Waals surface area contributed by atoms with Gasteiger partial charge >= 0.3 is 0 Å². The van der Waals surface area contributed by atoms with Gasteiger partial charge in [0.2, 0.25) is 0 Å². The lowest BCUT2D eigenvalue weighted by molar-refractivity contribution is 0.137. The minimum absolute atomic E-state index is 0.462. The van der Waals surface area contributed by atoms with Gasteiger partial charge in [-0.2, -0.15) is 0 Å². The molecular weight excluding hydrogens is 148 g/mol. The van der Waals surface area contributed by atoms with Gasteiger partial charge in [0.1, 0.15) is 0 Å². The summed E-state index contributed by atoms with van der Waals surface area (Å²) in [7, 11) is 0. The zero-order valence-electron chi connectivity index (χ0n) is 7.46. The molecule has 5 unspecified atom stereocenters. The molecule has 1 saturated heterocycles. The molecule has 0 aromatic carbocycles. The van der Waals surface area contributed by atoms with Crippen molar-refractivity contribution in [1.29, 1.82) is 0 Å². The summed E-state index contributed by atoms with van der Waals surface area (Å²) in [6.07, 6.45) is 7.53. The number of epoxide rings is 1. The van der Waals surface area contributed by atoms with E-state index >= 15 is 0 Å². The average molecular weight is 164 g/mol. The van der Waals surface area contributed by atoms with Gasteiger partial charge in [-0.25, -0.2) is 0 Å². The summed E-state index contributed by atoms with van der Waals surface area (Å²) in [4.78, 5) is 0. The van der Waals surface area contributed by atoms with Crippen LogP contribution in [0.5, 0.6) is 0 Å². The van der Waals surface area contributed by atoms with E-state index in [0.717, 1.165) is 30.3 Å². The van der Waals surface area contributed by atoms with E-state index < -0.39 is 0 Å². The van der Waals surface area contributed by atoms with Gasteiger partial charge < -0.3 is 4.74 Å². The summed E-state index contributed by atoms with van der Waals surface area (Å²) in [5.41, 5.74) is 0.462. The lowest BCUT2D eigenvalue weighted by Gasteiger charge is -2.29. The fourth-order valence-corrected chi connectivity index (χ4v) is 4.80. The highest BCUT2D eigenvalue weighted by Gasteiger charge is 2.70. The van der Waals surface area contributed by atoms with Crippen LogP contribution in [0.15, 0.2) is 0 Å². The van der Waals surface area contributed by atoms with Crippen LogP contribution in [0.25, 0.3) is 0 Å². The zero-order chi connectivity index (χ0) is 7.76. The molecule has 4 aliphatic rings. The number of ether oxygens (including phenoxy) is 1. The van der Waals surface area contributed by atoms with Crippen LogP contribution < -0.4 is 0 Å². The van der Waals surface area contributed by atoms with Crippen molar-refractivity contribution in [1.82, 2.24) is 0 Å². The van der Waals surface area contributed by atoms with Crippen LogP contribution in [0.4, 0.5) is 0 Å². The number of hydrogen-bond acceptors (Lipinski definition) is 1. The fraction of sp³-hybridized carbons (Fsp3) is 1.00. The maximum absolute atomic E-state index is 5.80. The van der Waals surface area contributed by atoms with Gasteiger partial charge in [0.15, 0.2) is 0 Å². The molecule has 12 heavy (non-hydrogen) atoms. The molecule has 0 radical (unpaired) electrons. The predicted octanol–water partition coefficient (Wildman–Crippen LogP) is 2.21. The van der Waals surface area contributed by atoms with Crippen molar-refractivity contribution >= 4 is 0 Å². The first kappa shape index (κ1) is 6.42. The maximum atomic E-state index is 5.80. The Balaban J connectivity index is 1.84. The van der Waals surface area contributed by atoms with E-state index in [0.29, 0.717) is 5.60 Å². The molecule has 1 heteroatoms. The topological polar surface area (TPSA) is 12.5 Å². The molecule has 1 aliphatic heterocycles. The zero-order valence-corrected chi connectivity index (χ0v) is 7.46. The van der Waals surface area contributed by atoms with Gasteiger partial charge in [0.25, 0.3) is 0 Å². The van der Waals surface area contributed by atoms with Gasteiger partial charge in [0.05, 0.1) is 12.2 Å². The highest BCUT2D eigenvalue weighted by molar-refractivity contribution is 5.18. The molecule has 0 aromatic heterocycles. The third-order valence-corrected chi connectivity index (χ3v) is 5.18. The molecule has 1 spiro atoms. The number of fused-ring (bicyclic) bond motifs is 2. The Bertz CT molecular complexity index is 223. The summed E-state index contributed by atoms with van der Waals surface area (Å²) >= 11 is 0. The van der Waals surface area contributed by atoms with Crippen molar-refractivity contribution in [3.63, 3.8) is 0 Å². The standard InChI is InChI=1S/C11H16O/c1-2-7-8-4-5-10(7)11(6-12-11)9(8)3-1/h7-10H,1-6H2. The fourth-order valence-electron chi connectivity index (χ4n) is 4.80. The van der Waals surface area contributed by atoms with Crippen molar-refractivity contribution in [3.05, 3.63) is 0 Å². The van der Waals surface area contributed by atoms with Crippen molar-refractivity contribution in [2.24, 2.45) is 23.7 Å². The third kappa shape index (κ3) is 0.501. The first-order valence-electron chi connectivity index (χ1n) is 5.56. The Hall–Kier alpha value is -0.0400. The van der Waals surface area contributed by atoms with Crippen molar-refractivity contribution < 1.29 is 4.74 Å².